The molecular weight excluding hydrogens is 209 g/mol. The summed E-state index contributed by atoms with van der Waals surface area (Å²) in [6.07, 6.45) is 0.481. The van der Waals surface area contributed by atoms with Crippen LogP contribution in [0.3, 0.4) is 0 Å². The summed E-state index contributed by atoms with van der Waals surface area (Å²) in [7, 11) is 0. The highest BCUT2D eigenvalue weighted by molar-refractivity contribution is 9.09. The molecule has 0 heterocycles. The molecular formula is C4H9BrClNO2. The topological polar surface area (TPSA) is 63.3 Å². The number of carboxylic acid groups (broad SMARTS) is 1. The van der Waals surface area contributed by atoms with Crippen molar-refractivity contribution in [3.63, 3.8) is 0 Å². The second kappa shape index (κ2) is 6.32. The number of aliphatic carboxylic acids is 1. The lowest BCUT2D eigenvalue weighted by atomic mass is 10.2. The molecule has 0 radical (unpaired) electrons. The summed E-state index contributed by atoms with van der Waals surface area (Å²) in [5, 5.41) is 8.81. The van der Waals surface area contributed by atoms with Gasteiger partial charge in [0.25, 0.3) is 0 Å². The third-order valence-electron chi connectivity index (χ3n) is 0.737. The van der Waals surface area contributed by atoms with Gasteiger partial charge in [-0.3, -0.25) is 4.79 Å². The zero-order valence-corrected chi connectivity index (χ0v) is 7.11. The number of hydrogen-bond acceptors (Lipinski definition) is 2. The van der Waals surface area contributed by atoms with Gasteiger partial charge in [-0.1, -0.05) is 15.9 Å². The molecule has 3 N–H and O–H groups in total. The zero-order valence-electron chi connectivity index (χ0n) is 4.71. The molecule has 0 saturated heterocycles. The second-order valence-corrected chi connectivity index (χ2v) is 2.22. The van der Waals surface area contributed by atoms with Crippen molar-refractivity contribution < 1.29 is 9.90 Å². The molecule has 3 nitrogen and oxygen atoms in total. The van der Waals surface area contributed by atoms with Crippen LogP contribution in [0.1, 0.15) is 6.42 Å². The van der Waals surface area contributed by atoms with Gasteiger partial charge in [0.1, 0.15) is 6.04 Å². The van der Waals surface area contributed by atoms with E-state index in [9.17, 15) is 4.79 Å². The summed E-state index contributed by atoms with van der Waals surface area (Å²) >= 11 is 3.07. The highest BCUT2D eigenvalue weighted by Gasteiger charge is 2.08. The molecule has 0 saturated carbocycles. The van der Waals surface area contributed by atoms with E-state index >= 15 is 0 Å². The van der Waals surface area contributed by atoms with E-state index in [0.717, 1.165) is 0 Å². The quantitative estimate of drug-likeness (QED) is 0.682. The first-order valence-corrected chi connectivity index (χ1v) is 3.35. The first kappa shape index (κ1) is 11.9. The largest absolute Gasteiger partial charge is 0.480 e. The van der Waals surface area contributed by atoms with E-state index in [1.165, 1.54) is 0 Å². The van der Waals surface area contributed by atoms with Gasteiger partial charge >= 0.3 is 5.97 Å². The zero-order chi connectivity index (χ0) is 6.57. The van der Waals surface area contributed by atoms with Gasteiger partial charge in [-0.05, 0) is 6.42 Å². The van der Waals surface area contributed by atoms with E-state index in [-0.39, 0.29) is 12.4 Å². The van der Waals surface area contributed by atoms with Crippen LogP contribution in [0.4, 0.5) is 0 Å². The lowest BCUT2D eigenvalue weighted by molar-refractivity contribution is -0.138. The maximum atomic E-state index is 9.94. The van der Waals surface area contributed by atoms with Crippen LogP contribution in [0, 0.1) is 0 Å². The summed E-state index contributed by atoms with van der Waals surface area (Å²) in [5.74, 6) is -0.940. The predicted octanol–water partition coefficient (Wildman–Crippen LogP) is 0.605. The first-order valence-electron chi connectivity index (χ1n) is 2.23. The van der Waals surface area contributed by atoms with Crippen LogP contribution in [0.15, 0.2) is 0 Å². The van der Waals surface area contributed by atoms with Gasteiger partial charge in [0, 0.05) is 5.33 Å². The minimum atomic E-state index is -0.940. The molecule has 1 atom stereocenters. The fourth-order valence-corrected chi connectivity index (χ4v) is 0.734. The van der Waals surface area contributed by atoms with Crippen molar-refractivity contribution >= 4 is 34.3 Å². The highest BCUT2D eigenvalue weighted by Crippen LogP contribution is 1.91. The summed E-state index contributed by atoms with van der Waals surface area (Å²) in [6.45, 7) is 0. The molecule has 9 heavy (non-hydrogen) atoms. The molecule has 0 aliphatic heterocycles. The van der Waals surface area contributed by atoms with Gasteiger partial charge in [0.05, 0.1) is 0 Å². The highest BCUT2D eigenvalue weighted by atomic mass is 79.9. The van der Waals surface area contributed by atoms with E-state index in [4.69, 9.17) is 10.8 Å². The summed E-state index contributed by atoms with van der Waals surface area (Å²) in [4.78, 5) is 9.94. The Morgan fingerprint density at radius 3 is 2.33 bits per heavy atom. The number of hydrogen-bond donors (Lipinski definition) is 2. The smallest absolute Gasteiger partial charge is 0.320 e. The molecule has 0 aliphatic carbocycles. The van der Waals surface area contributed by atoms with Crippen LogP contribution in [-0.4, -0.2) is 22.4 Å². The fraction of sp³-hybridized carbons (Fsp3) is 0.750. The monoisotopic (exact) mass is 217 g/mol. The molecule has 5 heteroatoms. The van der Waals surface area contributed by atoms with E-state index in [2.05, 4.69) is 15.9 Å². The normalized spacial score (nSPS) is 11.8. The number of carboxylic acids is 1. The number of nitrogens with two attached hydrogens (primary N) is 1. The molecule has 56 valence electrons. The lowest BCUT2D eigenvalue weighted by Crippen LogP contribution is -2.30. The number of alkyl halides is 1. The van der Waals surface area contributed by atoms with Crippen molar-refractivity contribution in [3.05, 3.63) is 0 Å². The van der Waals surface area contributed by atoms with E-state index in [1.54, 1.807) is 0 Å². The average molecular weight is 218 g/mol. The SMILES string of the molecule is Cl.N[C@@H](CCBr)C(=O)O. The Labute approximate surface area is 68.2 Å². The maximum Gasteiger partial charge on any atom is 0.320 e. The second-order valence-electron chi connectivity index (χ2n) is 1.42. The van der Waals surface area contributed by atoms with Crippen LogP contribution < -0.4 is 5.73 Å². The Kier molecular flexibility index (Phi) is 8.38. The molecule has 0 spiro atoms. The van der Waals surface area contributed by atoms with Gasteiger partial charge in [-0.15, -0.1) is 12.4 Å². The molecule has 0 aliphatic rings. The van der Waals surface area contributed by atoms with Crippen LogP contribution in [0.5, 0.6) is 0 Å². The summed E-state index contributed by atoms with van der Waals surface area (Å²) < 4.78 is 0. The third kappa shape index (κ3) is 6.08. The average Bonchev–Trinajstić information content (AvgIpc) is 1.67. The number of carbonyl (C=O) groups is 1. The van der Waals surface area contributed by atoms with E-state index in [0.29, 0.717) is 11.8 Å². The summed E-state index contributed by atoms with van der Waals surface area (Å²) in [5.41, 5.74) is 5.10. The molecule has 0 aromatic heterocycles. The minimum absolute atomic E-state index is 0. The standard InChI is InChI=1S/C4H8BrNO2.ClH/c5-2-1-3(6)4(7)8;/h3H,1-2,6H2,(H,7,8);1H/t3-;/m0./s1. The van der Waals surface area contributed by atoms with Crippen molar-refractivity contribution in [1.82, 2.24) is 0 Å². The minimum Gasteiger partial charge on any atom is -0.480 e. The van der Waals surface area contributed by atoms with Crippen LogP contribution in [-0.2, 0) is 4.79 Å². The lowest BCUT2D eigenvalue weighted by Gasteiger charge is -1.99. The van der Waals surface area contributed by atoms with E-state index < -0.39 is 12.0 Å². The predicted molar refractivity (Wildman–Crippen MR) is 41.3 cm³/mol. The van der Waals surface area contributed by atoms with Gasteiger partial charge in [-0.2, -0.15) is 0 Å². The number of rotatable bonds is 3. The molecule has 0 aromatic carbocycles. The molecule has 0 fully saturated rings. The van der Waals surface area contributed by atoms with Gasteiger partial charge in [0.2, 0.25) is 0 Å². The Balaban J connectivity index is 0. The van der Waals surface area contributed by atoms with Crippen LogP contribution in [0.25, 0.3) is 0 Å². The first-order chi connectivity index (χ1) is 3.68. The maximum absolute atomic E-state index is 9.94. The van der Waals surface area contributed by atoms with Crippen LogP contribution in [0.2, 0.25) is 0 Å². The van der Waals surface area contributed by atoms with Crippen molar-refractivity contribution in [2.45, 2.75) is 12.5 Å². The Morgan fingerprint density at radius 1 is 1.78 bits per heavy atom. The molecule has 0 bridgehead atoms. The van der Waals surface area contributed by atoms with Crippen molar-refractivity contribution in [2.24, 2.45) is 5.73 Å². The van der Waals surface area contributed by atoms with Gasteiger partial charge < -0.3 is 10.8 Å². The third-order valence-corrected chi connectivity index (χ3v) is 1.20. The fourth-order valence-electron chi connectivity index (χ4n) is 0.241. The van der Waals surface area contributed by atoms with E-state index in [1.807, 2.05) is 0 Å². The molecule has 0 rings (SSSR count). The molecule has 0 amide bonds. The van der Waals surface area contributed by atoms with Gasteiger partial charge in [0.15, 0.2) is 0 Å². The van der Waals surface area contributed by atoms with Crippen molar-refractivity contribution in [1.29, 1.82) is 0 Å². The molecule has 0 unspecified atom stereocenters. The number of halogens is 2. The molecule has 0 aromatic rings. The Morgan fingerprint density at radius 2 is 2.22 bits per heavy atom. The van der Waals surface area contributed by atoms with Gasteiger partial charge in [-0.25, -0.2) is 0 Å². The Hall–Kier alpha value is 0.200. The van der Waals surface area contributed by atoms with Crippen molar-refractivity contribution in [3.8, 4) is 0 Å². The Bertz CT molecular complexity index is 90.6. The van der Waals surface area contributed by atoms with Crippen LogP contribution >= 0.6 is 28.3 Å². The van der Waals surface area contributed by atoms with Crippen molar-refractivity contribution in [2.75, 3.05) is 5.33 Å². The summed E-state index contributed by atoms with van der Waals surface area (Å²) in [6, 6.07) is -0.714.